The third-order valence-electron chi connectivity index (χ3n) is 2.35. The van der Waals surface area contributed by atoms with E-state index in [0.29, 0.717) is 17.3 Å². The van der Waals surface area contributed by atoms with E-state index in [1.54, 1.807) is 19.5 Å². The van der Waals surface area contributed by atoms with E-state index < -0.39 is 0 Å². The van der Waals surface area contributed by atoms with Crippen LogP contribution in [-0.2, 0) is 0 Å². The predicted molar refractivity (Wildman–Crippen MR) is 81.9 cm³/mol. The molecule has 98 valence electrons. The number of nitrogens with zero attached hydrogens (tertiary/aromatic N) is 2. The van der Waals surface area contributed by atoms with Gasteiger partial charge in [0.1, 0.15) is 16.4 Å². The predicted octanol–water partition coefficient (Wildman–Crippen LogP) is 2.63. The van der Waals surface area contributed by atoms with Crippen LogP contribution in [-0.4, -0.2) is 22.1 Å². The molecule has 0 unspecified atom stereocenters. The Morgan fingerprint density at radius 2 is 2.11 bits per heavy atom. The van der Waals surface area contributed by atoms with Crippen molar-refractivity contribution in [3.8, 4) is 5.75 Å². The van der Waals surface area contributed by atoms with E-state index in [1.807, 2.05) is 18.2 Å². The molecule has 1 aromatic carbocycles. The van der Waals surface area contributed by atoms with Crippen LogP contribution in [0.3, 0.4) is 0 Å². The van der Waals surface area contributed by atoms with Gasteiger partial charge in [-0.25, -0.2) is 9.97 Å². The summed E-state index contributed by atoms with van der Waals surface area (Å²) in [6.45, 7) is 0. The lowest BCUT2D eigenvalue weighted by Gasteiger charge is -2.10. The van der Waals surface area contributed by atoms with Gasteiger partial charge in [0.05, 0.1) is 11.6 Å². The number of nitrogens with one attached hydrogen (secondary N) is 1. The highest BCUT2D eigenvalue weighted by Crippen LogP contribution is 2.29. The molecular weight excluding hydrogens is 328 g/mol. The Kier molecular flexibility index (Phi) is 4.28. The number of ether oxygens (including phenoxy) is 1. The molecule has 3 N–H and O–H groups in total. The van der Waals surface area contributed by atoms with Crippen LogP contribution in [0.4, 0.5) is 11.5 Å². The van der Waals surface area contributed by atoms with Crippen molar-refractivity contribution in [2.24, 2.45) is 5.73 Å². The van der Waals surface area contributed by atoms with Gasteiger partial charge in [-0.2, -0.15) is 0 Å². The van der Waals surface area contributed by atoms with E-state index >= 15 is 0 Å². The van der Waals surface area contributed by atoms with Crippen LogP contribution in [0, 0.1) is 0 Å². The van der Waals surface area contributed by atoms with E-state index in [2.05, 4.69) is 31.2 Å². The highest BCUT2D eigenvalue weighted by Gasteiger charge is 2.09. The number of aromatic nitrogens is 2. The Morgan fingerprint density at radius 3 is 2.79 bits per heavy atom. The molecule has 5 nitrogen and oxygen atoms in total. The Balaban J connectivity index is 2.34. The monoisotopic (exact) mass is 338 g/mol. The molecule has 1 heterocycles. The van der Waals surface area contributed by atoms with E-state index in [0.717, 1.165) is 10.2 Å². The third kappa shape index (κ3) is 3.18. The average Bonchev–Trinajstić information content (AvgIpc) is 2.41. The normalized spacial score (nSPS) is 10.0. The van der Waals surface area contributed by atoms with Gasteiger partial charge < -0.3 is 15.8 Å². The Bertz CT molecular complexity index is 620. The summed E-state index contributed by atoms with van der Waals surface area (Å²) in [6, 6.07) is 5.59. The molecule has 0 aliphatic rings. The van der Waals surface area contributed by atoms with Crippen LogP contribution in [0.15, 0.2) is 35.1 Å². The molecule has 0 saturated carbocycles. The van der Waals surface area contributed by atoms with Gasteiger partial charge in [0, 0.05) is 24.1 Å². The van der Waals surface area contributed by atoms with Crippen molar-refractivity contribution >= 4 is 44.6 Å². The van der Waals surface area contributed by atoms with Crippen LogP contribution in [0.5, 0.6) is 5.75 Å². The number of nitrogens with two attached hydrogens (primary N) is 1. The molecule has 0 aliphatic carbocycles. The number of methoxy groups -OCH3 is 1. The first-order valence-electron chi connectivity index (χ1n) is 5.33. The molecule has 0 fully saturated rings. The fourth-order valence-corrected chi connectivity index (χ4v) is 2.04. The summed E-state index contributed by atoms with van der Waals surface area (Å²) in [5, 5.41) is 3.11. The van der Waals surface area contributed by atoms with Crippen molar-refractivity contribution in [1.29, 1.82) is 0 Å². The standard InChI is InChI=1S/C12H11BrN4OS/c1-18-9-6-7(2-3-8(9)13)17-12-10(11(14)19)15-4-5-16-12/h2-6H,1H3,(H2,14,19)(H,16,17). The highest BCUT2D eigenvalue weighted by atomic mass is 79.9. The maximum absolute atomic E-state index is 5.61. The smallest absolute Gasteiger partial charge is 0.159 e. The second-order valence-electron chi connectivity index (χ2n) is 3.59. The van der Waals surface area contributed by atoms with E-state index in [1.165, 1.54) is 0 Å². The van der Waals surface area contributed by atoms with Crippen molar-refractivity contribution < 1.29 is 4.74 Å². The van der Waals surface area contributed by atoms with Gasteiger partial charge in [-0.1, -0.05) is 12.2 Å². The molecule has 0 spiro atoms. The maximum atomic E-state index is 5.61. The molecule has 0 radical (unpaired) electrons. The van der Waals surface area contributed by atoms with E-state index in [4.69, 9.17) is 22.7 Å². The number of hydrogen-bond donors (Lipinski definition) is 2. The van der Waals surface area contributed by atoms with Gasteiger partial charge in [-0.3, -0.25) is 0 Å². The lowest BCUT2D eigenvalue weighted by Crippen LogP contribution is -2.14. The minimum Gasteiger partial charge on any atom is -0.495 e. The number of benzene rings is 1. The minimum absolute atomic E-state index is 0.194. The summed E-state index contributed by atoms with van der Waals surface area (Å²) >= 11 is 8.33. The molecule has 0 atom stereocenters. The Labute approximate surface area is 124 Å². The number of thiocarbonyl (C=S) groups is 1. The van der Waals surface area contributed by atoms with E-state index in [-0.39, 0.29) is 4.99 Å². The summed E-state index contributed by atoms with van der Waals surface area (Å²) < 4.78 is 6.10. The van der Waals surface area contributed by atoms with Gasteiger partial charge in [0.15, 0.2) is 5.82 Å². The largest absolute Gasteiger partial charge is 0.495 e. The lowest BCUT2D eigenvalue weighted by atomic mass is 10.3. The van der Waals surface area contributed by atoms with Crippen molar-refractivity contribution in [3.05, 3.63) is 40.8 Å². The zero-order valence-electron chi connectivity index (χ0n) is 10.1. The Morgan fingerprint density at radius 1 is 1.37 bits per heavy atom. The van der Waals surface area contributed by atoms with Gasteiger partial charge in [-0.15, -0.1) is 0 Å². The summed E-state index contributed by atoms with van der Waals surface area (Å²) in [4.78, 5) is 8.48. The first-order valence-corrected chi connectivity index (χ1v) is 6.53. The van der Waals surface area contributed by atoms with Crippen LogP contribution in [0.2, 0.25) is 0 Å². The van der Waals surface area contributed by atoms with Gasteiger partial charge in [-0.05, 0) is 28.1 Å². The zero-order chi connectivity index (χ0) is 13.8. The first kappa shape index (κ1) is 13.7. The average molecular weight is 339 g/mol. The van der Waals surface area contributed by atoms with Crippen LogP contribution >= 0.6 is 28.1 Å². The van der Waals surface area contributed by atoms with Crippen LogP contribution in [0.1, 0.15) is 5.69 Å². The minimum atomic E-state index is 0.194. The lowest BCUT2D eigenvalue weighted by molar-refractivity contribution is 0.412. The van der Waals surface area contributed by atoms with Gasteiger partial charge >= 0.3 is 0 Å². The van der Waals surface area contributed by atoms with Gasteiger partial charge in [0.2, 0.25) is 0 Å². The fraction of sp³-hybridized carbons (Fsp3) is 0.0833. The summed E-state index contributed by atoms with van der Waals surface area (Å²) in [7, 11) is 1.60. The van der Waals surface area contributed by atoms with Gasteiger partial charge in [0.25, 0.3) is 0 Å². The molecule has 1 aromatic heterocycles. The zero-order valence-corrected chi connectivity index (χ0v) is 12.5. The van der Waals surface area contributed by atoms with Crippen molar-refractivity contribution in [2.75, 3.05) is 12.4 Å². The summed E-state index contributed by atoms with van der Waals surface area (Å²) in [6.07, 6.45) is 3.11. The molecule has 2 rings (SSSR count). The number of halogens is 1. The summed E-state index contributed by atoms with van der Waals surface area (Å²) in [5.74, 6) is 1.23. The Hall–Kier alpha value is -1.73. The van der Waals surface area contributed by atoms with Crippen LogP contribution in [0.25, 0.3) is 0 Å². The van der Waals surface area contributed by atoms with Crippen molar-refractivity contribution in [1.82, 2.24) is 9.97 Å². The first-order chi connectivity index (χ1) is 9.11. The quantitative estimate of drug-likeness (QED) is 0.835. The highest BCUT2D eigenvalue weighted by molar-refractivity contribution is 9.10. The molecule has 0 aliphatic heterocycles. The van der Waals surface area contributed by atoms with Crippen molar-refractivity contribution in [2.45, 2.75) is 0 Å². The topological polar surface area (TPSA) is 73.1 Å². The van der Waals surface area contributed by atoms with Crippen LogP contribution < -0.4 is 15.8 Å². The summed E-state index contributed by atoms with van der Waals surface area (Å²) in [5.41, 5.74) is 6.87. The second kappa shape index (κ2) is 5.94. The second-order valence-corrected chi connectivity index (χ2v) is 4.89. The molecule has 0 saturated heterocycles. The number of hydrogen-bond acceptors (Lipinski definition) is 5. The molecule has 7 heteroatoms. The molecular formula is C12H11BrN4OS. The third-order valence-corrected chi connectivity index (χ3v) is 3.19. The molecule has 0 bridgehead atoms. The maximum Gasteiger partial charge on any atom is 0.159 e. The number of anilines is 2. The molecule has 0 amide bonds. The molecule has 2 aromatic rings. The van der Waals surface area contributed by atoms with E-state index in [9.17, 15) is 0 Å². The van der Waals surface area contributed by atoms with Crippen molar-refractivity contribution in [3.63, 3.8) is 0 Å². The molecule has 19 heavy (non-hydrogen) atoms. The fourth-order valence-electron chi connectivity index (χ4n) is 1.48. The SMILES string of the molecule is COc1cc(Nc2nccnc2C(N)=S)ccc1Br. The number of rotatable bonds is 4.